The summed E-state index contributed by atoms with van der Waals surface area (Å²) in [5.74, 6) is 1.89. The Balaban J connectivity index is 2.08. The molecule has 20 heavy (non-hydrogen) atoms. The average molecular weight is 271 g/mol. The molecule has 3 rings (SSSR count). The highest BCUT2D eigenvalue weighted by Crippen LogP contribution is 2.38. The Morgan fingerprint density at radius 3 is 2.90 bits per heavy atom. The molecule has 1 aliphatic carbocycles. The molecule has 2 aromatic heterocycles. The number of H-pyrrole nitrogens is 1. The average Bonchev–Trinajstić information content (AvgIpc) is 3.27. The molecule has 2 heterocycles. The van der Waals surface area contributed by atoms with Crippen LogP contribution in [0.25, 0.3) is 11.3 Å². The molecule has 1 saturated carbocycles. The van der Waals surface area contributed by atoms with Gasteiger partial charge in [0.05, 0.1) is 18.5 Å². The smallest absolute Gasteiger partial charge is 0.254 e. The molecule has 1 aliphatic rings. The summed E-state index contributed by atoms with van der Waals surface area (Å²) in [4.78, 5) is 23.7. The zero-order chi connectivity index (χ0) is 14.1. The maximum Gasteiger partial charge on any atom is 0.254 e. The molecule has 0 unspecified atom stereocenters. The minimum absolute atomic E-state index is 0.0706. The third-order valence-electron chi connectivity index (χ3n) is 3.43. The zero-order valence-corrected chi connectivity index (χ0v) is 11.6. The van der Waals surface area contributed by atoms with E-state index in [1.54, 1.807) is 19.3 Å². The summed E-state index contributed by atoms with van der Waals surface area (Å²) in [6, 6.07) is 1.88. The normalized spacial score (nSPS) is 14.3. The largest absolute Gasteiger partial charge is 0.492 e. The van der Waals surface area contributed by atoms with Crippen LogP contribution in [0, 0.1) is 6.92 Å². The van der Waals surface area contributed by atoms with Crippen molar-refractivity contribution < 1.29 is 4.74 Å². The van der Waals surface area contributed by atoms with E-state index in [1.165, 1.54) is 0 Å². The Labute approximate surface area is 117 Å². The van der Waals surface area contributed by atoms with Crippen LogP contribution in [0.5, 0.6) is 5.75 Å². The maximum absolute atomic E-state index is 12.0. The van der Waals surface area contributed by atoms with Crippen LogP contribution in [0.2, 0.25) is 0 Å². The SMILES string of the molecule is CCOc1cncc(-c2nc(C3CC3)[nH]c(=O)c2C)c1. The van der Waals surface area contributed by atoms with Crippen LogP contribution in [0.1, 0.15) is 37.1 Å². The number of hydrogen-bond acceptors (Lipinski definition) is 4. The summed E-state index contributed by atoms with van der Waals surface area (Å²) >= 11 is 0. The van der Waals surface area contributed by atoms with Gasteiger partial charge >= 0.3 is 0 Å². The molecule has 0 aliphatic heterocycles. The second-order valence-electron chi connectivity index (χ2n) is 5.04. The van der Waals surface area contributed by atoms with Crippen molar-refractivity contribution in [3.05, 3.63) is 40.2 Å². The van der Waals surface area contributed by atoms with Crippen molar-refractivity contribution in [2.75, 3.05) is 6.61 Å². The molecule has 0 radical (unpaired) electrons. The molecular formula is C15H17N3O2. The van der Waals surface area contributed by atoms with Gasteiger partial charge in [-0.1, -0.05) is 0 Å². The number of ether oxygens (including phenoxy) is 1. The predicted molar refractivity (Wildman–Crippen MR) is 76.0 cm³/mol. The van der Waals surface area contributed by atoms with E-state index in [0.717, 1.165) is 24.2 Å². The fourth-order valence-electron chi connectivity index (χ4n) is 2.17. The highest BCUT2D eigenvalue weighted by molar-refractivity contribution is 5.63. The lowest BCUT2D eigenvalue weighted by atomic mass is 10.1. The second kappa shape index (κ2) is 5.07. The molecule has 5 heteroatoms. The molecule has 5 nitrogen and oxygen atoms in total. The van der Waals surface area contributed by atoms with Gasteiger partial charge in [-0.3, -0.25) is 9.78 Å². The van der Waals surface area contributed by atoms with Gasteiger partial charge in [-0.15, -0.1) is 0 Å². The van der Waals surface area contributed by atoms with E-state index in [1.807, 2.05) is 13.0 Å². The van der Waals surface area contributed by atoms with E-state index in [9.17, 15) is 4.79 Å². The molecule has 0 aromatic carbocycles. The van der Waals surface area contributed by atoms with Crippen molar-refractivity contribution in [3.8, 4) is 17.0 Å². The Hall–Kier alpha value is -2.17. The summed E-state index contributed by atoms with van der Waals surface area (Å²) in [6.45, 7) is 4.29. The van der Waals surface area contributed by atoms with Gasteiger partial charge < -0.3 is 9.72 Å². The number of aromatic nitrogens is 3. The van der Waals surface area contributed by atoms with E-state index in [-0.39, 0.29) is 5.56 Å². The highest BCUT2D eigenvalue weighted by Gasteiger charge is 2.27. The lowest BCUT2D eigenvalue weighted by molar-refractivity contribution is 0.339. The van der Waals surface area contributed by atoms with E-state index in [4.69, 9.17) is 4.74 Å². The lowest BCUT2D eigenvalue weighted by Crippen LogP contribution is -2.15. The Kier molecular flexibility index (Phi) is 3.26. The van der Waals surface area contributed by atoms with Crippen molar-refractivity contribution in [3.63, 3.8) is 0 Å². The summed E-state index contributed by atoms with van der Waals surface area (Å²) in [5, 5.41) is 0. The van der Waals surface area contributed by atoms with E-state index in [0.29, 0.717) is 29.5 Å². The van der Waals surface area contributed by atoms with Gasteiger partial charge in [0.25, 0.3) is 5.56 Å². The van der Waals surface area contributed by atoms with Crippen molar-refractivity contribution in [2.24, 2.45) is 0 Å². The van der Waals surface area contributed by atoms with Gasteiger partial charge in [0.1, 0.15) is 11.6 Å². The minimum atomic E-state index is -0.0706. The van der Waals surface area contributed by atoms with Crippen LogP contribution < -0.4 is 10.3 Å². The van der Waals surface area contributed by atoms with E-state index < -0.39 is 0 Å². The molecule has 0 atom stereocenters. The van der Waals surface area contributed by atoms with Crippen LogP contribution in [-0.2, 0) is 0 Å². The number of nitrogens with one attached hydrogen (secondary N) is 1. The second-order valence-corrected chi connectivity index (χ2v) is 5.04. The van der Waals surface area contributed by atoms with Gasteiger partial charge in [-0.25, -0.2) is 4.98 Å². The number of hydrogen-bond donors (Lipinski definition) is 1. The van der Waals surface area contributed by atoms with Crippen LogP contribution in [0.15, 0.2) is 23.3 Å². The van der Waals surface area contributed by atoms with E-state index in [2.05, 4.69) is 15.0 Å². The Bertz CT molecular complexity index is 690. The number of aromatic amines is 1. The summed E-state index contributed by atoms with van der Waals surface area (Å²) in [5.41, 5.74) is 2.06. The first kappa shape index (κ1) is 12.8. The molecule has 0 spiro atoms. The van der Waals surface area contributed by atoms with Crippen molar-refractivity contribution >= 4 is 0 Å². The highest BCUT2D eigenvalue weighted by atomic mass is 16.5. The third kappa shape index (κ3) is 2.43. The van der Waals surface area contributed by atoms with Gasteiger partial charge in [-0.05, 0) is 32.8 Å². The quantitative estimate of drug-likeness (QED) is 0.927. The fourth-order valence-corrected chi connectivity index (χ4v) is 2.17. The monoisotopic (exact) mass is 271 g/mol. The van der Waals surface area contributed by atoms with Gasteiger partial charge in [0.15, 0.2) is 0 Å². The molecule has 104 valence electrons. The zero-order valence-electron chi connectivity index (χ0n) is 11.6. The standard InChI is InChI=1S/C15H17N3O2/c1-3-20-12-6-11(7-16-8-12)13-9(2)15(19)18-14(17-13)10-4-5-10/h6-8,10H,3-5H2,1-2H3,(H,17,18,19). The molecular weight excluding hydrogens is 254 g/mol. The minimum Gasteiger partial charge on any atom is -0.492 e. The van der Waals surface area contributed by atoms with Gasteiger partial charge in [-0.2, -0.15) is 0 Å². The summed E-state index contributed by atoms with van der Waals surface area (Å²) in [6.07, 6.45) is 5.58. The number of rotatable bonds is 4. The molecule has 0 amide bonds. The number of nitrogens with zero attached hydrogens (tertiary/aromatic N) is 2. The fraction of sp³-hybridized carbons (Fsp3) is 0.400. The molecule has 1 fully saturated rings. The van der Waals surface area contributed by atoms with Crippen molar-refractivity contribution in [1.82, 2.24) is 15.0 Å². The first-order valence-corrected chi connectivity index (χ1v) is 6.88. The summed E-state index contributed by atoms with van der Waals surface area (Å²) in [7, 11) is 0. The topological polar surface area (TPSA) is 67.9 Å². The van der Waals surface area contributed by atoms with Crippen LogP contribution >= 0.6 is 0 Å². The van der Waals surface area contributed by atoms with Crippen LogP contribution in [0.4, 0.5) is 0 Å². The predicted octanol–water partition coefficient (Wildman–Crippen LogP) is 2.42. The first-order chi connectivity index (χ1) is 9.69. The van der Waals surface area contributed by atoms with Crippen LogP contribution in [-0.4, -0.2) is 21.6 Å². The number of pyridine rings is 1. The Morgan fingerprint density at radius 2 is 2.20 bits per heavy atom. The van der Waals surface area contributed by atoms with Gasteiger partial charge in [0.2, 0.25) is 0 Å². The van der Waals surface area contributed by atoms with E-state index >= 15 is 0 Å². The van der Waals surface area contributed by atoms with Crippen molar-refractivity contribution in [1.29, 1.82) is 0 Å². The molecule has 0 bridgehead atoms. The molecule has 1 N–H and O–H groups in total. The van der Waals surface area contributed by atoms with Crippen molar-refractivity contribution in [2.45, 2.75) is 32.6 Å². The Morgan fingerprint density at radius 1 is 1.40 bits per heavy atom. The summed E-state index contributed by atoms with van der Waals surface area (Å²) < 4.78 is 5.45. The van der Waals surface area contributed by atoms with Crippen LogP contribution in [0.3, 0.4) is 0 Å². The third-order valence-corrected chi connectivity index (χ3v) is 3.43. The molecule has 0 saturated heterocycles. The first-order valence-electron chi connectivity index (χ1n) is 6.88. The van der Waals surface area contributed by atoms with Gasteiger partial charge in [0, 0.05) is 23.2 Å². The maximum atomic E-state index is 12.0. The molecule has 2 aromatic rings. The lowest BCUT2D eigenvalue weighted by Gasteiger charge is -2.08.